The van der Waals surface area contributed by atoms with Gasteiger partial charge in [-0.25, -0.2) is 0 Å². The molecular formula is C20H11N5O3S. The van der Waals surface area contributed by atoms with E-state index in [1.807, 2.05) is 6.07 Å². The maximum atomic E-state index is 13.0. The zero-order valence-corrected chi connectivity index (χ0v) is 15.5. The molecule has 0 aliphatic carbocycles. The van der Waals surface area contributed by atoms with Crippen molar-refractivity contribution in [3.63, 3.8) is 0 Å². The second-order valence-electron chi connectivity index (χ2n) is 6.27. The molecule has 1 atom stereocenters. The van der Waals surface area contributed by atoms with Crippen LogP contribution in [0.25, 0.3) is 0 Å². The van der Waals surface area contributed by atoms with Gasteiger partial charge in [0.1, 0.15) is 10.9 Å². The van der Waals surface area contributed by atoms with Crippen molar-refractivity contribution < 1.29 is 9.72 Å². The van der Waals surface area contributed by atoms with Gasteiger partial charge in [-0.15, -0.1) is 0 Å². The molecule has 8 nitrogen and oxygen atoms in total. The van der Waals surface area contributed by atoms with Crippen LogP contribution < -0.4 is 5.73 Å². The third kappa shape index (κ3) is 2.73. The van der Waals surface area contributed by atoms with Crippen molar-refractivity contribution in [2.75, 3.05) is 0 Å². The van der Waals surface area contributed by atoms with Gasteiger partial charge in [0.25, 0.3) is 11.6 Å². The molecule has 2 heterocycles. The molecule has 0 saturated heterocycles. The van der Waals surface area contributed by atoms with Gasteiger partial charge < -0.3 is 5.73 Å². The molecule has 1 amide bonds. The number of nitro groups is 1. The van der Waals surface area contributed by atoms with Crippen molar-refractivity contribution in [1.29, 1.82) is 10.5 Å². The molecule has 0 spiro atoms. The van der Waals surface area contributed by atoms with Crippen LogP contribution in [0.15, 0.2) is 75.4 Å². The Morgan fingerprint density at radius 2 is 1.83 bits per heavy atom. The predicted molar refractivity (Wildman–Crippen MR) is 104 cm³/mol. The average molecular weight is 401 g/mol. The van der Waals surface area contributed by atoms with E-state index < -0.39 is 16.7 Å². The average Bonchev–Trinajstić information content (AvgIpc) is 2.73. The molecule has 140 valence electrons. The normalized spacial score (nSPS) is 17.9. The summed E-state index contributed by atoms with van der Waals surface area (Å²) in [5, 5.41) is 31.2. The zero-order valence-electron chi connectivity index (χ0n) is 14.7. The van der Waals surface area contributed by atoms with Crippen molar-refractivity contribution in [1.82, 2.24) is 4.90 Å². The quantitative estimate of drug-likeness (QED) is 0.601. The largest absolute Gasteiger partial charge is 0.384 e. The van der Waals surface area contributed by atoms with E-state index >= 15 is 0 Å². The number of amides is 1. The molecule has 2 aliphatic rings. The lowest BCUT2D eigenvalue weighted by atomic mass is 9.83. The fraction of sp³-hybridized carbons (Fsp3) is 0.0500. The molecule has 2 N–H and O–H groups in total. The number of benzene rings is 2. The van der Waals surface area contributed by atoms with E-state index in [0.29, 0.717) is 21.1 Å². The number of nitrogens with zero attached hydrogens (tertiary/aromatic N) is 4. The van der Waals surface area contributed by atoms with Gasteiger partial charge in [-0.1, -0.05) is 36.0 Å². The number of carbonyl (C=O) groups is 1. The third-order valence-corrected chi connectivity index (χ3v) is 5.88. The van der Waals surface area contributed by atoms with Crippen molar-refractivity contribution in [2.24, 2.45) is 5.73 Å². The van der Waals surface area contributed by atoms with Gasteiger partial charge in [-0.2, -0.15) is 10.5 Å². The Hall–Kier alpha value is -4.08. The van der Waals surface area contributed by atoms with Crippen LogP contribution in [0, 0.1) is 32.8 Å². The van der Waals surface area contributed by atoms with Gasteiger partial charge in [-0.05, 0) is 17.7 Å². The lowest BCUT2D eigenvalue weighted by Crippen LogP contribution is -2.40. The summed E-state index contributed by atoms with van der Waals surface area (Å²) in [5.41, 5.74) is 6.99. The Balaban J connectivity index is 1.98. The van der Waals surface area contributed by atoms with Gasteiger partial charge in [0.15, 0.2) is 0 Å². The molecule has 1 unspecified atom stereocenters. The van der Waals surface area contributed by atoms with Gasteiger partial charge in [0.2, 0.25) is 0 Å². The van der Waals surface area contributed by atoms with Crippen molar-refractivity contribution in [3.8, 4) is 12.1 Å². The zero-order chi connectivity index (χ0) is 20.7. The molecule has 0 saturated carbocycles. The summed E-state index contributed by atoms with van der Waals surface area (Å²) in [6.07, 6.45) is 0. The van der Waals surface area contributed by atoms with Gasteiger partial charge >= 0.3 is 0 Å². The number of rotatable bonds is 2. The van der Waals surface area contributed by atoms with Crippen LogP contribution in [0.5, 0.6) is 0 Å². The Labute approximate surface area is 169 Å². The lowest BCUT2D eigenvalue weighted by Gasteiger charge is -2.37. The number of thioether (sulfide) groups is 1. The van der Waals surface area contributed by atoms with Crippen molar-refractivity contribution in [2.45, 2.75) is 10.8 Å². The van der Waals surface area contributed by atoms with Crippen LogP contribution in [0.2, 0.25) is 0 Å². The summed E-state index contributed by atoms with van der Waals surface area (Å²) in [4.78, 5) is 25.5. The van der Waals surface area contributed by atoms with E-state index in [1.165, 1.54) is 34.9 Å². The Morgan fingerprint density at radius 3 is 2.52 bits per heavy atom. The predicted octanol–water partition coefficient (Wildman–Crippen LogP) is 3.37. The number of nitro benzene ring substituents is 1. The lowest BCUT2D eigenvalue weighted by molar-refractivity contribution is -0.384. The smallest absolute Gasteiger partial charge is 0.269 e. The van der Waals surface area contributed by atoms with Crippen LogP contribution in [0.4, 0.5) is 5.69 Å². The molecule has 0 aromatic heterocycles. The molecule has 9 heteroatoms. The summed E-state index contributed by atoms with van der Waals surface area (Å²) in [5.74, 6) is -1.41. The Bertz CT molecular complexity index is 1240. The van der Waals surface area contributed by atoms with E-state index in [2.05, 4.69) is 6.07 Å². The number of nitrogens with two attached hydrogens (primary N) is 1. The highest BCUT2D eigenvalue weighted by molar-refractivity contribution is 8.03. The molecular weight excluding hydrogens is 390 g/mol. The topological polar surface area (TPSA) is 137 Å². The third-order valence-electron chi connectivity index (χ3n) is 4.71. The van der Waals surface area contributed by atoms with E-state index in [-0.39, 0.29) is 22.7 Å². The van der Waals surface area contributed by atoms with Crippen LogP contribution in [-0.2, 0) is 0 Å². The second-order valence-corrected chi connectivity index (χ2v) is 7.30. The molecule has 2 aromatic rings. The number of carbonyl (C=O) groups excluding carboxylic acids is 1. The summed E-state index contributed by atoms with van der Waals surface area (Å²) in [7, 11) is 0. The first-order chi connectivity index (χ1) is 14.0. The fourth-order valence-electron chi connectivity index (χ4n) is 3.41. The maximum Gasteiger partial charge on any atom is 0.269 e. The minimum Gasteiger partial charge on any atom is -0.384 e. The Morgan fingerprint density at radius 1 is 1.10 bits per heavy atom. The summed E-state index contributed by atoms with van der Waals surface area (Å²) in [6, 6.07) is 16.7. The Kier molecular flexibility index (Phi) is 4.30. The molecule has 0 radical (unpaired) electrons. The molecule has 2 aliphatic heterocycles. The van der Waals surface area contributed by atoms with Crippen LogP contribution in [0.1, 0.15) is 21.8 Å². The van der Waals surface area contributed by atoms with E-state index in [0.717, 1.165) is 0 Å². The van der Waals surface area contributed by atoms with Crippen molar-refractivity contribution >= 4 is 23.4 Å². The van der Waals surface area contributed by atoms with E-state index in [1.54, 1.807) is 30.3 Å². The molecule has 4 rings (SSSR count). The first-order valence-corrected chi connectivity index (χ1v) is 9.19. The number of hydrogen-bond donors (Lipinski definition) is 1. The summed E-state index contributed by atoms with van der Waals surface area (Å²) in [6.45, 7) is 0. The first-order valence-electron chi connectivity index (χ1n) is 8.37. The highest BCUT2D eigenvalue weighted by Crippen LogP contribution is 2.49. The summed E-state index contributed by atoms with van der Waals surface area (Å²) < 4.78 is 0. The van der Waals surface area contributed by atoms with Crippen LogP contribution >= 0.6 is 11.8 Å². The number of allylic oxidation sites excluding steroid dienone is 2. The number of fused-ring (bicyclic) bond motifs is 2. The molecule has 0 fully saturated rings. The van der Waals surface area contributed by atoms with Gasteiger partial charge in [0, 0.05) is 17.0 Å². The minimum absolute atomic E-state index is 0.000806. The van der Waals surface area contributed by atoms with E-state index in [9.17, 15) is 25.4 Å². The van der Waals surface area contributed by atoms with E-state index in [4.69, 9.17) is 5.73 Å². The number of non-ortho nitro benzene ring substituents is 1. The van der Waals surface area contributed by atoms with Crippen LogP contribution in [-0.4, -0.2) is 15.7 Å². The number of nitriles is 2. The van der Waals surface area contributed by atoms with Crippen molar-refractivity contribution in [3.05, 3.63) is 91.8 Å². The minimum atomic E-state index is -0.901. The molecule has 29 heavy (non-hydrogen) atoms. The highest BCUT2D eigenvalue weighted by atomic mass is 32.2. The fourth-order valence-corrected chi connectivity index (χ4v) is 4.58. The molecule has 2 aromatic carbocycles. The maximum absolute atomic E-state index is 13.0. The van der Waals surface area contributed by atoms with Crippen LogP contribution in [0.3, 0.4) is 0 Å². The first kappa shape index (κ1) is 18.3. The van der Waals surface area contributed by atoms with Gasteiger partial charge in [-0.3, -0.25) is 19.8 Å². The second kappa shape index (κ2) is 6.82. The van der Waals surface area contributed by atoms with Gasteiger partial charge in [0.05, 0.1) is 39.7 Å². The monoisotopic (exact) mass is 401 g/mol. The standard InChI is InChI=1S/C20H11N5O3S/c21-9-14-17(11-4-3-5-12(8-11)25(27)28)15(10-22)20-24(18(14)23)19(26)13-6-1-2-7-16(13)29-20/h1-8,17H,23H2. The highest BCUT2D eigenvalue weighted by Gasteiger charge is 2.42. The summed E-state index contributed by atoms with van der Waals surface area (Å²) >= 11 is 1.21. The number of hydrogen-bond acceptors (Lipinski definition) is 7. The molecule has 0 bridgehead atoms. The SMILES string of the molecule is N#CC1=C(N)N2C(=O)c3ccccc3SC2=C(C#N)C1c1cccc([N+](=O)[O-])c1.